The molecule has 0 amide bonds. The summed E-state index contributed by atoms with van der Waals surface area (Å²) >= 11 is 0. The van der Waals surface area contributed by atoms with Crippen molar-refractivity contribution in [1.82, 2.24) is 5.32 Å². The molecule has 0 aliphatic carbocycles. The molecule has 0 aromatic heterocycles. The van der Waals surface area contributed by atoms with Gasteiger partial charge in [0.05, 0.1) is 0 Å². The summed E-state index contributed by atoms with van der Waals surface area (Å²) in [4.78, 5) is 2.43. The number of nitrogens with one attached hydrogen (secondary N) is 1. The molecule has 0 unspecified atom stereocenters. The zero-order chi connectivity index (χ0) is 9.10. The number of halogens is 2. The number of hydrogen-bond acceptors (Lipinski definition) is 2. The number of piperazine rings is 1. The Bertz CT molecular complexity index is 268. The van der Waals surface area contributed by atoms with Gasteiger partial charge in [0, 0.05) is 31.9 Å². The monoisotopic (exact) mass is 248 g/mol. The Balaban J connectivity index is 0.000000980. The first-order chi connectivity index (χ1) is 6.36. The molecule has 1 aliphatic heterocycles. The fraction of sp³-hybridized carbons (Fsp3) is 0.455. The quantitative estimate of drug-likeness (QED) is 0.821. The molecule has 0 spiro atoms. The van der Waals surface area contributed by atoms with Crippen LogP contribution in [0, 0.1) is 6.92 Å². The van der Waals surface area contributed by atoms with Crippen LogP contribution in [-0.2, 0) is 0 Å². The highest BCUT2D eigenvalue weighted by Gasteiger charge is 2.08. The van der Waals surface area contributed by atoms with Crippen LogP contribution < -0.4 is 10.2 Å². The topological polar surface area (TPSA) is 15.3 Å². The molecule has 1 aliphatic rings. The van der Waals surface area contributed by atoms with Crippen molar-refractivity contribution in [2.24, 2.45) is 0 Å². The molecule has 86 valence electrons. The fourth-order valence-electron chi connectivity index (χ4n) is 1.68. The van der Waals surface area contributed by atoms with Gasteiger partial charge in [-0.2, -0.15) is 0 Å². The van der Waals surface area contributed by atoms with E-state index in [1.165, 1.54) is 11.3 Å². The second-order valence-electron chi connectivity index (χ2n) is 3.57. The molecule has 2 nitrogen and oxygen atoms in total. The van der Waals surface area contributed by atoms with Crippen LogP contribution in [0.2, 0.25) is 0 Å². The standard InChI is InChI=1S/C11H16N2.2ClH/c1-10-2-4-11(5-3-10)13-8-6-12-7-9-13;;/h2-5,12H,6-9H2,1H3;2*1H. The second kappa shape index (κ2) is 6.94. The highest BCUT2D eigenvalue weighted by atomic mass is 35.5. The molecule has 1 N–H and O–H groups in total. The smallest absolute Gasteiger partial charge is 0.0367 e. The maximum atomic E-state index is 3.35. The Morgan fingerprint density at radius 3 is 2.07 bits per heavy atom. The molecule has 1 heterocycles. The number of rotatable bonds is 1. The summed E-state index contributed by atoms with van der Waals surface area (Å²) < 4.78 is 0. The Morgan fingerprint density at radius 1 is 1.00 bits per heavy atom. The van der Waals surface area contributed by atoms with Crippen LogP contribution in [0.4, 0.5) is 5.69 Å². The number of hydrogen-bond donors (Lipinski definition) is 1. The maximum absolute atomic E-state index is 3.35. The zero-order valence-corrected chi connectivity index (χ0v) is 10.5. The van der Waals surface area contributed by atoms with E-state index in [2.05, 4.69) is 41.4 Å². The second-order valence-corrected chi connectivity index (χ2v) is 3.57. The summed E-state index contributed by atoms with van der Waals surface area (Å²) in [6.07, 6.45) is 0. The van der Waals surface area contributed by atoms with Gasteiger partial charge in [-0.1, -0.05) is 17.7 Å². The molecule has 1 aromatic carbocycles. The van der Waals surface area contributed by atoms with E-state index in [4.69, 9.17) is 0 Å². The lowest BCUT2D eigenvalue weighted by Crippen LogP contribution is -2.43. The van der Waals surface area contributed by atoms with Crippen LogP contribution in [0.15, 0.2) is 24.3 Å². The van der Waals surface area contributed by atoms with Crippen molar-refractivity contribution in [3.8, 4) is 0 Å². The zero-order valence-electron chi connectivity index (χ0n) is 8.90. The molecule has 15 heavy (non-hydrogen) atoms. The third kappa shape index (κ3) is 3.90. The average molecular weight is 249 g/mol. The predicted octanol–water partition coefficient (Wildman–Crippen LogP) is 2.25. The minimum absolute atomic E-state index is 0. The highest BCUT2D eigenvalue weighted by molar-refractivity contribution is 5.85. The first-order valence-corrected chi connectivity index (χ1v) is 4.88. The van der Waals surface area contributed by atoms with Gasteiger partial charge < -0.3 is 10.2 Å². The number of anilines is 1. The number of benzene rings is 1. The molecule has 4 heteroatoms. The Hall–Kier alpha value is -0.440. The van der Waals surface area contributed by atoms with Gasteiger partial charge in [0.25, 0.3) is 0 Å². The highest BCUT2D eigenvalue weighted by Crippen LogP contribution is 2.14. The lowest BCUT2D eigenvalue weighted by atomic mass is 10.2. The molecule has 1 fully saturated rings. The van der Waals surface area contributed by atoms with Gasteiger partial charge >= 0.3 is 0 Å². The number of aryl methyl sites for hydroxylation is 1. The summed E-state index contributed by atoms with van der Waals surface area (Å²) in [6.45, 7) is 6.59. The van der Waals surface area contributed by atoms with Crippen molar-refractivity contribution in [3.63, 3.8) is 0 Å². The van der Waals surface area contributed by atoms with Crippen LogP contribution in [0.3, 0.4) is 0 Å². The van der Waals surface area contributed by atoms with E-state index < -0.39 is 0 Å². The minimum Gasteiger partial charge on any atom is -0.369 e. The van der Waals surface area contributed by atoms with Crippen molar-refractivity contribution in [2.75, 3.05) is 31.1 Å². The first kappa shape index (κ1) is 14.6. The molecule has 0 saturated carbocycles. The summed E-state index contributed by atoms with van der Waals surface area (Å²) in [5.74, 6) is 0. The van der Waals surface area contributed by atoms with Crippen molar-refractivity contribution < 1.29 is 0 Å². The molecular formula is C11H18Cl2N2. The van der Waals surface area contributed by atoms with E-state index in [0.29, 0.717) is 0 Å². The molecule has 0 radical (unpaired) electrons. The van der Waals surface area contributed by atoms with Gasteiger partial charge in [0.15, 0.2) is 0 Å². The Morgan fingerprint density at radius 2 is 1.53 bits per heavy atom. The van der Waals surface area contributed by atoms with Gasteiger partial charge in [0.2, 0.25) is 0 Å². The molecule has 2 rings (SSSR count). The Labute approximate surface area is 104 Å². The van der Waals surface area contributed by atoms with Crippen molar-refractivity contribution in [1.29, 1.82) is 0 Å². The van der Waals surface area contributed by atoms with Crippen LogP contribution in [-0.4, -0.2) is 26.2 Å². The van der Waals surface area contributed by atoms with Gasteiger partial charge in [0.1, 0.15) is 0 Å². The van der Waals surface area contributed by atoms with Gasteiger partial charge in [-0.25, -0.2) is 0 Å². The van der Waals surface area contributed by atoms with E-state index in [1.54, 1.807) is 0 Å². The van der Waals surface area contributed by atoms with Gasteiger partial charge in [-0.05, 0) is 19.1 Å². The summed E-state index contributed by atoms with van der Waals surface area (Å²) in [7, 11) is 0. The molecule has 0 bridgehead atoms. The largest absolute Gasteiger partial charge is 0.369 e. The average Bonchev–Trinajstić information content (AvgIpc) is 2.20. The third-order valence-electron chi connectivity index (χ3n) is 2.52. The molecule has 0 atom stereocenters. The lowest BCUT2D eigenvalue weighted by Gasteiger charge is -2.29. The minimum atomic E-state index is 0. The van der Waals surface area contributed by atoms with E-state index in [1.807, 2.05) is 0 Å². The van der Waals surface area contributed by atoms with Crippen molar-refractivity contribution in [3.05, 3.63) is 29.8 Å². The summed E-state index contributed by atoms with van der Waals surface area (Å²) in [6, 6.07) is 8.77. The van der Waals surface area contributed by atoms with Crippen LogP contribution in [0.25, 0.3) is 0 Å². The van der Waals surface area contributed by atoms with Crippen LogP contribution in [0.5, 0.6) is 0 Å². The Kier molecular flexibility index (Phi) is 6.73. The normalized spacial score (nSPS) is 15.1. The molecule has 1 saturated heterocycles. The van der Waals surface area contributed by atoms with E-state index in [9.17, 15) is 0 Å². The van der Waals surface area contributed by atoms with Crippen molar-refractivity contribution in [2.45, 2.75) is 6.92 Å². The maximum Gasteiger partial charge on any atom is 0.0367 e. The molecular weight excluding hydrogens is 231 g/mol. The first-order valence-electron chi connectivity index (χ1n) is 4.88. The summed E-state index contributed by atoms with van der Waals surface area (Å²) in [5, 5.41) is 3.35. The molecule has 1 aromatic rings. The van der Waals surface area contributed by atoms with E-state index in [-0.39, 0.29) is 24.8 Å². The summed E-state index contributed by atoms with van der Waals surface area (Å²) in [5.41, 5.74) is 2.69. The number of nitrogens with zero attached hydrogens (tertiary/aromatic N) is 1. The SMILES string of the molecule is Cc1ccc(N2CCNCC2)cc1.Cl.Cl. The lowest BCUT2D eigenvalue weighted by molar-refractivity contribution is 0.589. The van der Waals surface area contributed by atoms with E-state index >= 15 is 0 Å². The van der Waals surface area contributed by atoms with Gasteiger partial charge in [-0.15, -0.1) is 24.8 Å². The van der Waals surface area contributed by atoms with Gasteiger partial charge in [-0.3, -0.25) is 0 Å². The van der Waals surface area contributed by atoms with E-state index in [0.717, 1.165) is 26.2 Å². The predicted molar refractivity (Wildman–Crippen MR) is 70.8 cm³/mol. The third-order valence-corrected chi connectivity index (χ3v) is 2.52. The van der Waals surface area contributed by atoms with Crippen LogP contribution >= 0.6 is 24.8 Å². The van der Waals surface area contributed by atoms with Crippen LogP contribution in [0.1, 0.15) is 5.56 Å². The fourth-order valence-corrected chi connectivity index (χ4v) is 1.68. The van der Waals surface area contributed by atoms with Crippen molar-refractivity contribution >= 4 is 30.5 Å².